The molecule has 1 saturated carbocycles. The Morgan fingerprint density at radius 3 is 2.62 bits per heavy atom. The number of ether oxygens (including phenoxy) is 3. The number of anilines is 1. The number of rotatable bonds is 5. The molecular weight excluding hydrogens is 374 g/mol. The lowest BCUT2D eigenvalue weighted by atomic mass is 10.1. The first-order valence-electron chi connectivity index (χ1n) is 9.63. The van der Waals surface area contributed by atoms with Gasteiger partial charge in [0.1, 0.15) is 23.3 Å². The SMILES string of the molecule is COc1cncc(O[C@@H]2CC[C@@H](N(C)C(=O)OC(C)(C)C)C2)c1-c1cc(N)n[nH]1. The van der Waals surface area contributed by atoms with Gasteiger partial charge in [0.15, 0.2) is 5.75 Å². The summed E-state index contributed by atoms with van der Waals surface area (Å²) in [5, 5.41) is 6.88. The van der Waals surface area contributed by atoms with Crippen LogP contribution in [0.2, 0.25) is 0 Å². The summed E-state index contributed by atoms with van der Waals surface area (Å²) in [4.78, 5) is 18.2. The number of methoxy groups -OCH3 is 1. The molecule has 158 valence electrons. The summed E-state index contributed by atoms with van der Waals surface area (Å²) >= 11 is 0. The van der Waals surface area contributed by atoms with E-state index in [1.165, 1.54) is 0 Å². The molecule has 0 aromatic carbocycles. The number of H-pyrrole nitrogens is 1. The van der Waals surface area contributed by atoms with E-state index in [9.17, 15) is 4.79 Å². The standard InChI is InChI=1S/C20H29N5O4/c1-20(2,3)29-19(26)25(4)12-6-7-13(8-12)28-16-11-22-10-15(27-5)18(16)14-9-17(21)24-23-14/h9-13H,6-8H2,1-5H3,(H3,21,23,24)/t12-,13-/m1/s1. The molecule has 1 fully saturated rings. The molecule has 29 heavy (non-hydrogen) atoms. The molecule has 2 aromatic heterocycles. The number of pyridine rings is 1. The summed E-state index contributed by atoms with van der Waals surface area (Å²) in [6.07, 6.45) is 5.26. The van der Waals surface area contributed by atoms with Crippen molar-refractivity contribution in [1.29, 1.82) is 0 Å². The first-order chi connectivity index (χ1) is 13.7. The van der Waals surface area contributed by atoms with Crippen LogP contribution in [0.25, 0.3) is 11.3 Å². The third kappa shape index (κ3) is 4.90. The highest BCUT2D eigenvalue weighted by Gasteiger charge is 2.33. The van der Waals surface area contributed by atoms with Crippen LogP contribution in [0, 0.1) is 0 Å². The molecule has 9 heteroatoms. The van der Waals surface area contributed by atoms with Crippen molar-refractivity contribution in [3.8, 4) is 22.8 Å². The zero-order chi connectivity index (χ0) is 21.2. The van der Waals surface area contributed by atoms with Crippen LogP contribution >= 0.6 is 0 Å². The Kier molecular flexibility index (Phi) is 5.86. The second kappa shape index (κ2) is 8.18. The molecule has 1 aliphatic rings. The van der Waals surface area contributed by atoms with Crippen molar-refractivity contribution < 1.29 is 19.0 Å². The average molecular weight is 403 g/mol. The Labute approximate surface area is 170 Å². The van der Waals surface area contributed by atoms with Crippen LogP contribution < -0.4 is 15.2 Å². The predicted octanol–water partition coefficient (Wildman–Crippen LogP) is 3.23. The van der Waals surface area contributed by atoms with E-state index in [0.29, 0.717) is 29.4 Å². The average Bonchev–Trinajstić information content (AvgIpc) is 3.28. The van der Waals surface area contributed by atoms with E-state index in [2.05, 4.69) is 15.2 Å². The lowest BCUT2D eigenvalue weighted by molar-refractivity contribution is 0.0219. The number of nitrogens with zero attached hydrogens (tertiary/aromatic N) is 3. The number of carbonyl (C=O) groups is 1. The van der Waals surface area contributed by atoms with Gasteiger partial charge in [-0.25, -0.2) is 4.79 Å². The largest absolute Gasteiger partial charge is 0.494 e. The summed E-state index contributed by atoms with van der Waals surface area (Å²) < 4.78 is 17.2. The van der Waals surface area contributed by atoms with Crippen LogP contribution in [0.1, 0.15) is 40.0 Å². The molecule has 1 aliphatic carbocycles. The number of amides is 1. The molecule has 2 aromatic rings. The predicted molar refractivity (Wildman–Crippen MR) is 109 cm³/mol. The molecule has 2 atom stereocenters. The van der Waals surface area contributed by atoms with E-state index in [1.54, 1.807) is 37.5 Å². The highest BCUT2D eigenvalue weighted by molar-refractivity contribution is 5.74. The maximum absolute atomic E-state index is 12.3. The molecule has 9 nitrogen and oxygen atoms in total. The summed E-state index contributed by atoms with van der Waals surface area (Å²) in [5.41, 5.74) is 6.64. The zero-order valence-corrected chi connectivity index (χ0v) is 17.6. The Balaban J connectivity index is 1.73. The maximum Gasteiger partial charge on any atom is 0.410 e. The van der Waals surface area contributed by atoms with Gasteiger partial charge in [-0.15, -0.1) is 0 Å². The third-order valence-electron chi connectivity index (χ3n) is 4.84. The molecule has 1 amide bonds. The van der Waals surface area contributed by atoms with E-state index < -0.39 is 5.60 Å². The van der Waals surface area contributed by atoms with Crippen LogP contribution in [0.15, 0.2) is 18.5 Å². The molecular formula is C20H29N5O4. The van der Waals surface area contributed by atoms with E-state index in [4.69, 9.17) is 19.9 Å². The van der Waals surface area contributed by atoms with E-state index in [1.807, 2.05) is 20.8 Å². The fraction of sp³-hybridized carbons (Fsp3) is 0.550. The Morgan fingerprint density at radius 1 is 1.28 bits per heavy atom. The van der Waals surface area contributed by atoms with Gasteiger partial charge < -0.3 is 24.8 Å². The number of nitrogens with one attached hydrogen (secondary N) is 1. The van der Waals surface area contributed by atoms with Gasteiger partial charge in [0, 0.05) is 25.6 Å². The lowest BCUT2D eigenvalue weighted by Crippen LogP contribution is -2.40. The van der Waals surface area contributed by atoms with Crippen LogP contribution in [-0.2, 0) is 4.74 Å². The minimum atomic E-state index is -0.521. The summed E-state index contributed by atoms with van der Waals surface area (Å²) in [6.45, 7) is 5.58. The van der Waals surface area contributed by atoms with Crippen molar-refractivity contribution in [3.05, 3.63) is 18.5 Å². The van der Waals surface area contributed by atoms with E-state index in [0.717, 1.165) is 18.4 Å². The van der Waals surface area contributed by atoms with Gasteiger partial charge >= 0.3 is 6.09 Å². The monoisotopic (exact) mass is 403 g/mol. The maximum atomic E-state index is 12.3. The summed E-state index contributed by atoms with van der Waals surface area (Å²) in [6, 6.07) is 1.78. The van der Waals surface area contributed by atoms with Gasteiger partial charge in [-0.2, -0.15) is 5.10 Å². The van der Waals surface area contributed by atoms with Crippen LogP contribution in [0.3, 0.4) is 0 Å². The van der Waals surface area contributed by atoms with Crippen molar-refractivity contribution in [2.75, 3.05) is 19.9 Å². The van der Waals surface area contributed by atoms with Gasteiger partial charge in [-0.3, -0.25) is 10.1 Å². The zero-order valence-electron chi connectivity index (χ0n) is 17.6. The lowest BCUT2D eigenvalue weighted by Gasteiger charge is -2.28. The highest BCUT2D eigenvalue weighted by Crippen LogP contribution is 2.39. The van der Waals surface area contributed by atoms with Crippen molar-refractivity contribution >= 4 is 11.9 Å². The second-order valence-corrected chi connectivity index (χ2v) is 8.22. The Hall–Kier alpha value is -2.97. The van der Waals surface area contributed by atoms with Crippen LogP contribution in [0.4, 0.5) is 10.6 Å². The number of hydrogen-bond acceptors (Lipinski definition) is 7. The molecule has 0 unspecified atom stereocenters. The summed E-state index contributed by atoms with van der Waals surface area (Å²) in [5.74, 6) is 1.52. The number of aromatic nitrogens is 3. The fourth-order valence-corrected chi connectivity index (χ4v) is 3.44. The normalized spacial score (nSPS) is 19.1. The Bertz CT molecular complexity index is 861. The van der Waals surface area contributed by atoms with Crippen molar-refractivity contribution in [1.82, 2.24) is 20.1 Å². The number of hydrogen-bond donors (Lipinski definition) is 2. The first-order valence-corrected chi connectivity index (χ1v) is 9.63. The van der Waals surface area contributed by atoms with Crippen molar-refractivity contribution in [2.24, 2.45) is 0 Å². The smallest absolute Gasteiger partial charge is 0.410 e. The highest BCUT2D eigenvalue weighted by atomic mass is 16.6. The van der Waals surface area contributed by atoms with Crippen LogP contribution in [0.5, 0.6) is 11.5 Å². The number of aromatic amines is 1. The molecule has 2 heterocycles. The minimum Gasteiger partial charge on any atom is -0.494 e. The molecule has 0 spiro atoms. The molecule has 3 rings (SSSR count). The van der Waals surface area contributed by atoms with Gasteiger partial charge in [0.05, 0.1) is 30.8 Å². The summed E-state index contributed by atoms with van der Waals surface area (Å²) in [7, 11) is 3.35. The second-order valence-electron chi connectivity index (χ2n) is 8.22. The quantitative estimate of drug-likeness (QED) is 0.787. The van der Waals surface area contributed by atoms with Crippen molar-refractivity contribution in [2.45, 2.75) is 57.8 Å². The van der Waals surface area contributed by atoms with Gasteiger partial charge in [0.2, 0.25) is 0 Å². The number of carbonyl (C=O) groups excluding carboxylic acids is 1. The molecule has 0 bridgehead atoms. The third-order valence-corrected chi connectivity index (χ3v) is 4.84. The van der Waals surface area contributed by atoms with Crippen molar-refractivity contribution in [3.63, 3.8) is 0 Å². The molecule has 0 saturated heterocycles. The van der Waals surface area contributed by atoms with Gasteiger partial charge in [0.25, 0.3) is 0 Å². The van der Waals surface area contributed by atoms with E-state index >= 15 is 0 Å². The topological polar surface area (TPSA) is 116 Å². The number of nitrogen functional groups attached to an aromatic ring is 1. The molecule has 0 aliphatic heterocycles. The first kappa shape index (κ1) is 20.8. The number of nitrogens with two attached hydrogens (primary N) is 1. The van der Waals surface area contributed by atoms with Gasteiger partial charge in [-0.1, -0.05) is 0 Å². The fourth-order valence-electron chi connectivity index (χ4n) is 3.44. The minimum absolute atomic E-state index is 0.0552. The van der Waals surface area contributed by atoms with Gasteiger partial charge in [-0.05, 0) is 33.6 Å². The van der Waals surface area contributed by atoms with Crippen LogP contribution in [-0.4, -0.2) is 58.1 Å². The molecule has 0 radical (unpaired) electrons. The van der Waals surface area contributed by atoms with E-state index in [-0.39, 0.29) is 18.2 Å². The Morgan fingerprint density at radius 2 is 2.00 bits per heavy atom. The molecule has 3 N–H and O–H groups in total.